The number of rotatable bonds is 3. The lowest BCUT2D eigenvalue weighted by Gasteiger charge is -1.99. The number of aromatic nitrogens is 4. The topological polar surface area (TPSA) is 104 Å². The van der Waals surface area contributed by atoms with E-state index >= 15 is 0 Å². The molecule has 0 aliphatic rings. The first kappa shape index (κ1) is 9.59. The minimum absolute atomic E-state index is 0.140. The molecule has 0 atom stereocenters. The van der Waals surface area contributed by atoms with Gasteiger partial charge in [-0.1, -0.05) is 11.3 Å². The van der Waals surface area contributed by atoms with Gasteiger partial charge in [-0.2, -0.15) is 5.10 Å². The summed E-state index contributed by atoms with van der Waals surface area (Å²) in [6.07, 6.45) is 1.25. The Bertz CT molecular complexity index is 499. The number of hydrogen-bond acceptors (Lipinski definition) is 5. The Hall–Kier alpha value is -1.96. The van der Waals surface area contributed by atoms with Crippen LogP contribution in [0.5, 0.6) is 0 Å². The molecule has 0 fully saturated rings. The molecule has 0 spiro atoms. The summed E-state index contributed by atoms with van der Waals surface area (Å²) >= 11 is 1.06. The maximum Gasteiger partial charge on any atom is 0.304 e. The molecule has 0 aliphatic carbocycles. The Kier molecular flexibility index (Phi) is 2.59. The highest BCUT2D eigenvalue weighted by Crippen LogP contribution is 1.95. The lowest BCUT2D eigenvalue weighted by molar-refractivity contribution is 0.0940. The van der Waals surface area contributed by atoms with Crippen molar-refractivity contribution in [3.05, 3.63) is 32.9 Å². The number of thiazole rings is 1. The molecule has 0 unspecified atom stereocenters. The van der Waals surface area contributed by atoms with E-state index in [9.17, 15) is 9.59 Å². The average molecular weight is 225 g/mol. The first-order valence-electron chi connectivity index (χ1n) is 4.06. The maximum absolute atomic E-state index is 11.4. The fraction of sp³-hybridized carbons (Fsp3) is 0.143. The van der Waals surface area contributed by atoms with Crippen molar-refractivity contribution < 1.29 is 4.79 Å². The van der Waals surface area contributed by atoms with E-state index in [2.05, 4.69) is 25.5 Å². The molecular formula is C7H7N5O2S. The summed E-state index contributed by atoms with van der Waals surface area (Å²) in [7, 11) is 0. The molecule has 2 heterocycles. The Morgan fingerprint density at radius 2 is 2.47 bits per heavy atom. The number of hydrogen-bond donors (Lipinski definition) is 3. The third-order valence-corrected chi connectivity index (χ3v) is 2.36. The zero-order chi connectivity index (χ0) is 10.7. The van der Waals surface area contributed by atoms with Crippen LogP contribution in [0.1, 0.15) is 16.3 Å². The van der Waals surface area contributed by atoms with Gasteiger partial charge in [-0.05, 0) is 0 Å². The van der Waals surface area contributed by atoms with Crippen molar-refractivity contribution in [2.75, 3.05) is 0 Å². The van der Waals surface area contributed by atoms with Gasteiger partial charge in [0.25, 0.3) is 5.91 Å². The Balaban J connectivity index is 1.94. The molecular weight excluding hydrogens is 218 g/mol. The number of carbonyl (C=O) groups is 1. The minimum atomic E-state index is -0.362. The number of nitrogens with zero attached hydrogens (tertiary/aromatic N) is 2. The van der Waals surface area contributed by atoms with Crippen LogP contribution < -0.4 is 10.2 Å². The molecule has 2 rings (SSSR count). The second-order valence-electron chi connectivity index (χ2n) is 2.69. The molecule has 0 saturated heterocycles. The largest absolute Gasteiger partial charge is 0.344 e. The lowest BCUT2D eigenvalue weighted by atomic mass is 10.4. The molecule has 1 amide bonds. The van der Waals surface area contributed by atoms with Gasteiger partial charge >= 0.3 is 4.87 Å². The lowest BCUT2D eigenvalue weighted by Crippen LogP contribution is -2.24. The van der Waals surface area contributed by atoms with Gasteiger partial charge < -0.3 is 10.3 Å². The Morgan fingerprint density at radius 1 is 1.60 bits per heavy atom. The Morgan fingerprint density at radius 3 is 3.07 bits per heavy atom. The zero-order valence-corrected chi connectivity index (χ0v) is 8.30. The fourth-order valence-electron chi connectivity index (χ4n) is 0.975. The molecule has 0 aromatic carbocycles. The first-order chi connectivity index (χ1) is 7.25. The van der Waals surface area contributed by atoms with Crippen LogP contribution in [0.3, 0.4) is 0 Å². The molecule has 7 nitrogen and oxygen atoms in total. The van der Waals surface area contributed by atoms with Crippen molar-refractivity contribution in [1.29, 1.82) is 0 Å². The highest BCUT2D eigenvalue weighted by molar-refractivity contribution is 7.07. The van der Waals surface area contributed by atoms with Crippen molar-refractivity contribution >= 4 is 17.2 Å². The van der Waals surface area contributed by atoms with E-state index in [-0.39, 0.29) is 23.1 Å². The van der Waals surface area contributed by atoms with Gasteiger partial charge in [0.15, 0.2) is 0 Å². The van der Waals surface area contributed by atoms with Gasteiger partial charge in [-0.15, -0.1) is 0 Å². The van der Waals surface area contributed by atoms with Gasteiger partial charge in [0.05, 0.1) is 6.54 Å². The van der Waals surface area contributed by atoms with Crippen molar-refractivity contribution in [3.8, 4) is 0 Å². The molecule has 0 aliphatic heterocycles. The van der Waals surface area contributed by atoms with Crippen LogP contribution >= 0.6 is 11.3 Å². The van der Waals surface area contributed by atoms with Gasteiger partial charge in [0.2, 0.25) is 5.82 Å². The van der Waals surface area contributed by atoms with Crippen molar-refractivity contribution in [2.24, 2.45) is 0 Å². The third kappa shape index (κ3) is 2.29. The number of aromatic amines is 2. The van der Waals surface area contributed by atoms with E-state index in [1.807, 2.05) is 0 Å². The minimum Gasteiger partial charge on any atom is -0.344 e. The van der Waals surface area contributed by atoms with E-state index in [1.165, 1.54) is 6.33 Å². The van der Waals surface area contributed by atoms with Crippen molar-refractivity contribution in [1.82, 2.24) is 25.5 Å². The molecule has 2 aromatic heterocycles. The Labute approximate surface area is 87.6 Å². The molecule has 0 bridgehead atoms. The monoisotopic (exact) mass is 225 g/mol. The summed E-state index contributed by atoms with van der Waals surface area (Å²) < 4.78 is 0. The number of H-pyrrole nitrogens is 2. The summed E-state index contributed by atoms with van der Waals surface area (Å²) in [6, 6.07) is 0. The molecule has 0 radical (unpaired) electrons. The van der Waals surface area contributed by atoms with Crippen LogP contribution in [0.4, 0.5) is 0 Å². The fourth-order valence-corrected chi connectivity index (χ4v) is 1.56. The quantitative estimate of drug-likeness (QED) is 0.654. The van der Waals surface area contributed by atoms with E-state index in [0.717, 1.165) is 11.3 Å². The smallest absolute Gasteiger partial charge is 0.304 e. The van der Waals surface area contributed by atoms with Crippen molar-refractivity contribution in [2.45, 2.75) is 6.54 Å². The normalized spacial score (nSPS) is 10.1. The summed E-state index contributed by atoms with van der Waals surface area (Å²) in [5.41, 5.74) is 0.665. The van der Waals surface area contributed by atoms with Gasteiger partial charge in [0.1, 0.15) is 6.33 Å². The molecule has 0 saturated carbocycles. The standard InChI is InChI=1S/C7H7N5O2S/c13-6(5-9-3-10-12-5)8-1-4-2-15-7(14)11-4/h2-3H,1H2,(H,8,13)(H,11,14)(H,9,10,12). The first-order valence-corrected chi connectivity index (χ1v) is 4.94. The van der Waals surface area contributed by atoms with Crippen LogP contribution in [-0.2, 0) is 6.54 Å². The molecule has 15 heavy (non-hydrogen) atoms. The summed E-state index contributed by atoms with van der Waals surface area (Å²) in [4.78, 5) is 28.3. The van der Waals surface area contributed by atoms with Crippen LogP contribution in [0.2, 0.25) is 0 Å². The molecule has 8 heteroatoms. The van der Waals surface area contributed by atoms with E-state index in [0.29, 0.717) is 5.69 Å². The predicted octanol–water partition coefficient (Wildman–Crippen LogP) is -0.516. The number of amides is 1. The second-order valence-corrected chi connectivity index (χ2v) is 3.53. The second kappa shape index (κ2) is 4.05. The van der Waals surface area contributed by atoms with Crippen LogP contribution in [0, 0.1) is 0 Å². The average Bonchev–Trinajstić information content (AvgIpc) is 2.84. The number of carbonyl (C=O) groups excluding carboxylic acids is 1. The summed E-state index contributed by atoms with van der Waals surface area (Å²) in [5.74, 6) is -0.216. The summed E-state index contributed by atoms with van der Waals surface area (Å²) in [5, 5.41) is 10.2. The molecule has 78 valence electrons. The maximum atomic E-state index is 11.4. The van der Waals surface area contributed by atoms with E-state index < -0.39 is 0 Å². The van der Waals surface area contributed by atoms with Crippen LogP contribution in [0.25, 0.3) is 0 Å². The van der Waals surface area contributed by atoms with Crippen molar-refractivity contribution in [3.63, 3.8) is 0 Å². The third-order valence-electron chi connectivity index (χ3n) is 1.64. The zero-order valence-electron chi connectivity index (χ0n) is 7.48. The highest BCUT2D eigenvalue weighted by atomic mass is 32.1. The predicted molar refractivity (Wildman–Crippen MR) is 52.5 cm³/mol. The molecule has 3 N–H and O–H groups in total. The van der Waals surface area contributed by atoms with Crippen LogP contribution in [-0.4, -0.2) is 26.1 Å². The SMILES string of the molecule is O=C(NCc1csc(=O)[nH]1)c1ncn[nH]1. The van der Waals surface area contributed by atoms with Gasteiger partial charge in [-0.25, -0.2) is 4.98 Å². The van der Waals surface area contributed by atoms with Crippen LogP contribution in [0.15, 0.2) is 16.5 Å². The van der Waals surface area contributed by atoms with E-state index in [4.69, 9.17) is 0 Å². The molecule has 2 aromatic rings. The highest BCUT2D eigenvalue weighted by Gasteiger charge is 2.07. The number of nitrogens with one attached hydrogen (secondary N) is 3. The van der Waals surface area contributed by atoms with Gasteiger partial charge in [-0.3, -0.25) is 14.7 Å². The summed E-state index contributed by atoms with van der Waals surface area (Å²) in [6.45, 7) is 0.262. The van der Waals surface area contributed by atoms with Gasteiger partial charge in [0, 0.05) is 11.1 Å². The van der Waals surface area contributed by atoms with E-state index in [1.54, 1.807) is 5.38 Å².